The highest BCUT2D eigenvalue weighted by Gasteiger charge is 2.02. The number of guanidine groups is 1. The molecule has 7 heteroatoms. The molecule has 0 atom stereocenters. The van der Waals surface area contributed by atoms with Crippen LogP contribution in [0.3, 0.4) is 0 Å². The predicted octanol–water partition coefficient (Wildman–Crippen LogP) is 3.89. The van der Waals surface area contributed by atoms with Gasteiger partial charge in [0.05, 0.1) is 11.6 Å². The van der Waals surface area contributed by atoms with Gasteiger partial charge in [-0.25, -0.2) is 4.98 Å². The standard InChI is InChI=1S/C19H28N4OS.HI/c1-3-17-15-23-18(25-17)11-13-22-19(20-2)21-12-7-8-14-24-16-9-5-4-6-10-16;/h4-6,9-10,15H,3,7-8,11-14H2,1-2H3,(H2,20,21,22);1H. The van der Waals surface area contributed by atoms with Gasteiger partial charge < -0.3 is 15.4 Å². The molecule has 0 fully saturated rings. The van der Waals surface area contributed by atoms with Crippen molar-refractivity contribution in [2.75, 3.05) is 26.7 Å². The van der Waals surface area contributed by atoms with E-state index >= 15 is 0 Å². The molecule has 1 heterocycles. The Kier molecular flexibility index (Phi) is 12.0. The summed E-state index contributed by atoms with van der Waals surface area (Å²) >= 11 is 1.79. The van der Waals surface area contributed by atoms with E-state index in [1.807, 2.05) is 36.5 Å². The van der Waals surface area contributed by atoms with Gasteiger partial charge in [-0.2, -0.15) is 0 Å². The van der Waals surface area contributed by atoms with Crippen molar-refractivity contribution in [1.82, 2.24) is 15.6 Å². The maximum atomic E-state index is 5.69. The Hall–Kier alpha value is -1.35. The SMILES string of the molecule is CCc1cnc(CCNC(=NC)NCCCCOc2ccccc2)s1.I. The number of hydrogen-bond acceptors (Lipinski definition) is 4. The van der Waals surface area contributed by atoms with Gasteiger partial charge in [0.25, 0.3) is 0 Å². The van der Waals surface area contributed by atoms with Crippen molar-refractivity contribution in [1.29, 1.82) is 0 Å². The molecule has 0 bridgehead atoms. The van der Waals surface area contributed by atoms with Gasteiger partial charge in [-0.3, -0.25) is 4.99 Å². The number of thiazole rings is 1. The molecule has 0 unspecified atom stereocenters. The molecular weight excluding hydrogens is 459 g/mol. The minimum Gasteiger partial charge on any atom is -0.494 e. The van der Waals surface area contributed by atoms with Crippen LogP contribution in [-0.2, 0) is 12.8 Å². The summed E-state index contributed by atoms with van der Waals surface area (Å²) in [5.41, 5.74) is 0. The molecular formula is C19H29IN4OS. The third-order valence-corrected chi connectivity index (χ3v) is 4.88. The number of benzene rings is 1. The van der Waals surface area contributed by atoms with Crippen LogP contribution in [0.1, 0.15) is 29.7 Å². The second-order valence-electron chi connectivity index (χ2n) is 5.62. The first-order valence-corrected chi connectivity index (χ1v) is 9.69. The molecule has 0 spiro atoms. The number of unbranched alkanes of at least 4 members (excludes halogenated alkanes) is 1. The van der Waals surface area contributed by atoms with Crippen LogP contribution >= 0.6 is 35.3 Å². The Morgan fingerprint density at radius 2 is 1.92 bits per heavy atom. The zero-order chi connectivity index (χ0) is 17.7. The highest BCUT2D eigenvalue weighted by atomic mass is 127. The van der Waals surface area contributed by atoms with Crippen molar-refractivity contribution < 1.29 is 4.74 Å². The number of aliphatic imine (C=N–C) groups is 1. The van der Waals surface area contributed by atoms with Crippen molar-refractivity contribution in [2.24, 2.45) is 4.99 Å². The summed E-state index contributed by atoms with van der Waals surface area (Å²) in [7, 11) is 1.80. The van der Waals surface area contributed by atoms with E-state index in [2.05, 4.69) is 27.5 Å². The number of aryl methyl sites for hydroxylation is 1. The second-order valence-corrected chi connectivity index (χ2v) is 6.82. The largest absolute Gasteiger partial charge is 0.494 e. The van der Waals surface area contributed by atoms with Gasteiger partial charge in [0.2, 0.25) is 0 Å². The molecule has 0 aliphatic carbocycles. The lowest BCUT2D eigenvalue weighted by atomic mass is 10.3. The number of halogens is 1. The van der Waals surface area contributed by atoms with Gasteiger partial charge in [0.1, 0.15) is 5.75 Å². The van der Waals surface area contributed by atoms with E-state index in [4.69, 9.17) is 4.74 Å². The molecule has 0 saturated carbocycles. The second kappa shape index (κ2) is 13.8. The monoisotopic (exact) mass is 488 g/mol. The molecule has 2 aromatic rings. The summed E-state index contributed by atoms with van der Waals surface area (Å²) in [5, 5.41) is 7.85. The minimum absolute atomic E-state index is 0. The van der Waals surface area contributed by atoms with E-state index < -0.39 is 0 Å². The van der Waals surface area contributed by atoms with Crippen molar-refractivity contribution in [3.05, 3.63) is 46.4 Å². The van der Waals surface area contributed by atoms with Gasteiger partial charge in [-0.1, -0.05) is 25.1 Å². The fraction of sp³-hybridized carbons (Fsp3) is 0.474. The molecule has 0 amide bonds. The van der Waals surface area contributed by atoms with E-state index in [0.29, 0.717) is 0 Å². The molecule has 26 heavy (non-hydrogen) atoms. The van der Waals surface area contributed by atoms with Crippen LogP contribution in [0.5, 0.6) is 5.75 Å². The summed E-state index contributed by atoms with van der Waals surface area (Å²) < 4.78 is 5.69. The first-order valence-electron chi connectivity index (χ1n) is 8.87. The Balaban J connectivity index is 0.00000338. The highest BCUT2D eigenvalue weighted by molar-refractivity contribution is 14.0. The maximum Gasteiger partial charge on any atom is 0.190 e. The van der Waals surface area contributed by atoms with Crippen molar-refractivity contribution in [2.45, 2.75) is 32.6 Å². The van der Waals surface area contributed by atoms with E-state index in [1.54, 1.807) is 18.4 Å². The van der Waals surface area contributed by atoms with Crippen LogP contribution < -0.4 is 15.4 Å². The average molecular weight is 488 g/mol. The molecule has 1 aromatic heterocycles. The third-order valence-electron chi connectivity index (χ3n) is 3.68. The van der Waals surface area contributed by atoms with E-state index in [1.165, 1.54) is 9.88 Å². The summed E-state index contributed by atoms with van der Waals surface area (Å²) in [6, 6.07) is 9.93. The number of ether oxygens (including phenoxy) is 1. The number of para-hydroxylation sites is 1. The van der Waals surface area contributed by atoms with Crippen molar-refractivity contribution >= 4 is 41.3 Å². The van der Waals surface area contributed by atoms with Crippen LogP contribution in [0.25, 0.3) is 0 Å². The lowest BCUT2D eigenvalue weighted by molar-refractivity contribution is 0.307. The van der Waals surface area contributed by atoms with Crippen molar-refractivity contribution in [3.63, 3.8) is 0 Å². The number of hydrogen-bond donors (Lipinski definition) is 2. The Morgan fingerprint density at radius 1 is 1.15 bits per heavy atom. The zero-order valence-corrected chi connectivity index (χ0v) is 18.7. The number of nitrogens with zero attached hydrogens (tertiary/aromatic N) is 2. The Labute approximate surface area is 177 Å². The lowest BCUT2D eigenvalue weighted by Crippen LogP contribution is -2.38. The van der Waals surface area contributed by atoms with Gasteiger partial charge in [0.15, 0.2) is 5.96 Å². The van der Waals surface area contributed by atoms with Gasteiger partial charge in [0, 0.05) is 37.6 Å². The smallest absolute Gasteiger partial charge is 0.190 e. The quantitative estimate of drug-likeness (QED) is 0.231. The topological polar surface area (TPSA) is 58.5 Å². The molecule has 0 aliphatic rings. The predicted molar refractivity (Wildman–Crippen MR) is 121 cm³/mol. The Bertz CT molecular complexity index is 633. The minimum atomic E-state index is 0. The molecule has 0 aliphatic heterocycles. The van der Waals surface area contributed by atoms with E-state index in [0.717, 1.165) is 57.1 Å². The van der Waals surface area contributed by atoms with Gasteiger partial charge >= 0.3 is 0 Å². The van der Waals surface area contributed by atoms with Crippen LogP contribution in [0.2, 0.25) is 0 Å². The number of aromatic nitrogens is 1. The summed E-state index contributed by atoms with van der Waals surface area (Å²) in [6.45, 7) is 4.62. The third kappa shape index (κ3) is 8.84. The van der Waals surface area contributed by atoms with Crippen LogP contribution in [0.4, 0.5) is 0 Å². The van der Waals surface area contributed by atoms with E-state index in [-0.39, 0.29) is 24.0 Å². The summed E-state index contributed by atoms with van der Waals surface area (Å²) in [5.74, 6) is 1.78. The summed E-state index contributed by atoms with van der Waals surface area (Å²) in [4.78, 5) is 10.0. The first-order chi connectivity index (χ1) is 12.3. The summed E-state index contributed by atoms with van der Waals surface area (Å²) in [6.07, 6.45) is 6.01. The van der Waals surface area contributed by atoms with Crippen LogP contribution in [0, 0.1) is 0 Å². The number of rotatable bonds is 10. The lowest BCUT2D eigenvalue weighted by Gasteiger charge is -2.11. The zero-order valence-electron chi connectivity index (χ0n) is 15.5. The Morgan fingerprint density at radius 3 is 2.62 bits per heavy atom. The highest BCUT2D eigenvalue weighted by Crippen LogP contribution is 2.13. The fourth-order valence-corrected chi connectivity index (χ4v) is 3.14. The molecule has 2 rings (SSSR count). The molecule has 5 nitrogen and oxygen atoms in total. The van der Waals surface area contributed by atoms with Crippen LogP contribution in [-0.4, -0.2) is 37.7 Å². The molecule has 1 aromatic carbocycles. The molecule has 0 radical (unpaired) electrons. The number of nitrogens with one attached hydrogen (secondary N) is 2. The van der Waals surface area contributed by atoms with E-state index in [9.17, 15) is 0 Å². The molecule has 0 saturated heterocycles. The molecule has 144 valence electrons. The van der Waals surface area contributed by atoms with Crippen LogP contribution in [0.15, 0.2) is 41.5 Å². The first kappa shape index (κ1) is 22.7. The fourth-order valence-electron chi connectivity index (χ4n) is 2.28. The average Bonchev–Trinajstić information content (AvgIpc) is 3.12. The van der Waals surface area contributed by atoms with Gasteiger partial charge in [-0.05, 0) is 31.4 Å². The normalized spacial score (nSPS) is 10.9. The van der Waals surface area contributed by atoms with Gasteiger partial charge in [-0.15, -0.1) is 35.3 Å². The maximum absolute atomic E-state index is 5.69. The van der Waals surface area contributed by atoms with Crippen molar-refractivity contribution in [3.8, 4) is 5.75 Å². The molecule has 2 N–H and O–H groups in total.